The minimum Gasteiger partial charge on any atom is -0.465 e. The number of hydrogen-bond acceptors (Lipinski definition) is 3. The molecule has 0 amide bonds. The highest BCUT2D eigenvalue weighted by Crippen LogP contribution is 2.38. The predicted molar refractivity (Wildman–Crippen MR) is 67.8 cm³/mol. The van der Waals surface area contributed by atoms with Crippen LogP contribution in [-0.2, 0) is 11.8 Å². The van der Waals surface area contributed by atoms with Gasteiger partial charge in [0.25, 0.3) is 0 Å². The molecule has 3 nitrogen and oxygen atoms in total. The van der Waals surface area contributed by atoms with Gasteiger partial charge in [0.2, 0.25) is 0 Å². The van der Waals surface area contributed by atoms with Crippen molar-refractivity contribution in [2.45, 2.75) is 52.9 Å². The van der Waals surface area contributed by atoms with Gasteiger partial charge in [0.1, 0.15) is 11.5 Å². The molecule has 0 saturated carbocycles. The van der Waals surface area contributed by atoms with E-state index in [-0.39, 0.29) is 10.8 Å². The van der Waals surface area contributed by atoms with Crippen LogP contribution in [0.25, 0.3) is 0 Å². The van der Waals surface area contributed by atoms with Gasteiger partial charge in [0.05, 0.1) is 5.71 Å². The molecule has 1 aromatic rings. The zero-order chi connectivity index (χ0) is 12.8. The van der Waals surface area contributed by atoms with Crippen molar-refractivity contribution in [1.82, 2.24) is 0 Å². The summed E-state index contributed by atoms with van der Waals surface area (Å²) in [6.45, 7) is 10.7. The van der Waals surface area contributed by atoms with Gasteiger partial charge in [-0.05, 0) is 17.9 Å². The fourth-order valence-corrected chi connectivity index (χ4v) is 2.31. The molecular formula is C14H21NO2. The lowest BCUT2D eigenvalue weighted by atomic mass is 9.76. The third kappa shape index (κ3) is 2.24. The number of nitrogens with zero attached hydrogens (tertiary/aromatic N) is 1. The molecule has 0 saturated heterocycles. The van der Waals surface area contributed by atoms with E-state index in [0.717, 1.165) is 35.6 Å². The SMILES string of the molecule is CC1(C)C/C(=N/O)c2cc(C(C)(C)C)oc2C1. The monoisotopic (exact) mass is 235 g/mol. The fourth-order valence-electron chi connectivity index (χ4n) is 2.31. The first-order valence-corrected chi connectivity index (χ1v) is 6.07. The van der Waals surface area contributed by atoms with Crippen LogP contribution in [0.15, 0.2) is 15.6 Å². The lowest BCUT2D eigenvalue weighted by Crippen LogP contribution is -2.26. The van der Waals surface area contributed by atoms with Crippen LogP contribution >= 0.6 is 0 Å². The summed E-state index contributed by atoms with van der Waals surface area (Å²) in [6.07, 6.45) is 1.69. The highest BCUT2D eigenvalue weighted by Gasteiger charge is 2.34. The summed E-state index contributed by atoms with van der Waals surface area (Å²) in [5, 5.41) is 12.6. The van der Waals surface area contributed by atoms with E-state index in [1.807, 2.05) is 6.07 Å². The Morgan fingerprint density at radius 3 is 2.47 bits per heavy atom. The predicted octanol–water partition coefficient (Wildman–Crippen LogP) is 3.73. The molecule has 0 fully saturated rings. The van der Waals surface area contributed by atoms with Crippen molar-refractivity contribution < 1.29 is 9.62 Å². The van der Waals surface area contributed by atoms with Gasteiger partial charge in [-0.25, -0.2) is 0 Å². The van der Waals surface area contributed by atoms with Gasteiger partial charge in [0.15, 0.2) is 0 Å². The van der Waals surface area contributed by atoms with Crippen molar-refractivity contribution in [3.8, 4) is 0 Å². The van der Waals surface area contributed by atoms with Crippen LogP contribution in [0.3, 0.4) is 0 Å². The molecule has 0 atom stereocenters. The minimum absolute atomic E-state index is 0.0119. The Bertz CT molecular complexity index is 461. The van der Waals surface area contributed by atoms with Crippen molar-refractivity contribution in [2.24, 2.45) is 10.6 Å². The molecular weight excluding hydrogens is 214 g/mol. The molecule has 0 radical (unpaired) electrons. The summed E-state index contributed by atoms with van der Waals surface area (Å²) in [6, 6.07) is 2.03. The molecule has 1 aromatic heterocycles. The van der Waals surface area contributed by atoms with Crippen molar-refractivity contribution in [3.63, 3.8) is 0 Å². The quantitative estimate of drug-likeness (QED) is 0.550. The van der Waals surface area contributed by atoms with Crippen LogP contribution in [0.2, 0.25) is 0 Å². The number of fused-ring (bicyclic) bond motifs is 1. The van der Waals surface area contributed by atoms with Crippen molar-refractivity contribution in [2.75, 3.05) is 0 Å². The Balaban J connectivity index is 2.51. The largest absolute Gasteiger partial charge is 0.465 e. The Labute approximate surface area is 103 Å². The summed E-state index contributed by atoms with van der Waals surface area (Å²) in [5.74, 6) is 1.92. The normalized spacial score (nSPS) is 21.6. The maximum Gasteiger partial charge on any atom is 0.113 e. The van der Waals surface area contributed by atoms with E-state index < -0.39 is 0 Å². The van der Waals surface area contributed by atoms with E-state index in [4.69, 9.17) is 9.62 Å². The number of oxime groups is 1. The lowest BCUT2D eigenvalue weighted by Gasteiger charge is -2.28. The van der Waals surface area contributed by atoms with E-state index in [9.17, 15) is 0 Å². The van der Waals surface area contributed by atoms with E-state index in [1.165, 1.54) is 0 Å². The average molecular weight is 235 g/mol. The summed E-state index contributed by atoms with van der Waals surface area (Å²) in [4.78, 5) is 0. The molecule has 1 heterocycles. The van der Waals surface area contributed by atoms with Crippen LogP contribution in [0.4, 0.5) is 0 Å². The average Bonchev–Trinajstić information content (AvgIpc) is 2.57. The van der Waals surface area contributed by atoms with Crippen LogP contribution in [0.1, 0.15) is 58.1 Å². The maximum absolute atomic E-state index is 9.13. The minimum atomic E-state index is -0.0119. The summed E-state index contributed by atoms with van der Waals surface area (Å²) in [7, 11) is 0. The van der Waals surface area contributed by atoms with Gasteiger partial charge in [-0.15, -0.1) is 0 Å². The van der Waals surface area contributed by atoms with Gasteiger partial charge in [0, 0.05) is 17.4 Å². The first kappa shape index (κ1) is 12.2. The second kappa shape index (κ2) is 3.62. The molecule has 0 bridgehead atoms. The molecule has 1 aliphatic carbocycles. The third-order valence-electron chi connectivity index (χ3n) is 3.26. The lowest BCUT2D eigenvalue weighted by molar-refractivity contribution is 0.291. The standard InChI is InChI=1S/C14H21NO2/c1-13(2,3)12-6-9-10(15-16)7-14(4,5)8-11(9)17-12/h6,16H,7-8H2,1-5H3/b15-10-. The van der Waals surface area contributed by atoms with E-state index in [0.29, 0.717) is 0 Å². The van der Waals surface area contributed by atoms with Gasteiger partial charge < -0.3 is 9.62 Å². The van der Waals surface area contributed by atoms with Gasteiger partial charge in [-0.2, -0.15) is 0 Å². The first-order valence-electron chi connectivity index (χ1n) is 6.07. The molecule has 1 aliphatic rings. The van der Waals surface area contributed by atoms with Crippen molar-refractivity contribution in [3.05, 3.63) is 23.2 Å². The molecule has 2 rings (SSSR count). The second-order valence-electron chi connectivity index (χ2n) is 6.76. The highest BCUT2D eigenvalue weighted by atomic mass is 16.4. The Morgan fingerprint density at radius 2 is 1.94 bits per heavy atom. The maximum atomic E-state index is 9.13. The number of rotatable bonds is 0. The summed E-state index contributed by atoms with van der Waals surface area (Å²) >= 11 is 0. The first-order chi connectivity index (χ1) is 7.73. The van der Waals surface area contributed by atoms with Crippen molar-refractivity contribution in [1.29, 1.82) is 0 Å². The molecule has 0 aromatic carbocycles. The van der Waals surface area contributed by atoms with Gasteiger partial charge in [-0.3, -0.25) is 0 Å². The second-order valence-corrected chi connectivity index (χ2v) is 6.76. The number of furan rings is 1. The summed E-state index contributed by atoms with van der Waals surface area (Å²) in [5.41, 5.74) is 1.82. The fraction of sp³-hybridized carbons (Fsp3) is 0.643. The Morgan fingerprint density at radius 1 is 1.29 bits per heavy atom. The molecule has 3 heteroatoms. The van der Waals surface area contributed by atoms with Crippen LogP contribution < -0.4 is 0 Å². The third-order valence-corrected chi connectivity index (χ3v) is 3.26. The van der Waals surface area contributed by atoms with Gasteiger partial charge in [-0.1, -0.05) is 39.8 Å². The Kier molecular flexibility index (Phi) is 2.60. The zero-order valence-electron chi connectivity index (χ0n) is 11.3. The van der Waals surface area contributed by atoms with Crippen molar-refractivity contribution >= 4 is 5.71 Å². The number of hydrogen-bond donors (Lipinski definition) is 1. The molecule has 0 spiro atoms. The topological polar surface area (TPSA) is 45.7 Å². The molecule has 17 heavy (non-hydrogen) atoms. The highest BCUT2D eigenvalue weighted by molar-refractivity contribution is 6.02. The molecule has 1 N–H and O–H groups in total. The van der Waals surface area contributed by atoms with E-state index in [2.05, 4.69) is 39.8 Å². The molecule has 94 valence electrons. The van der Waals surface area contributed by atoms with E-state index in [1.54, 1.807) is 0 Å². The van der Waals surface area contributed by atoms with Crippen LogP contribution in [-0.4, -0.2) is 10.9 Å². The van der Waals surface area contributed by atoms with Gasteiger partial charge >= 0.3 is 0 Å². The van der Waals surface area contributed by atoms with Crippen LogP contribution in [0, 0.1) is 5.41 Å². The Hall–Kier alpha value is -1.25. The summed E-state index contributed by atoms with van der Waals surface area (Å²) < 4.78 is 5.95. The smallest absolute Gasteiger partial charge is 0.113 e. The molecule has 0 aliphatic heterocycles. The zero-order valence-corrected chi connectivity index (χ0v) is 11.3. The van der Waals surface area contributed by atoms with Crippen LogP contribution in [0.5, 0.6) is 0 Å². The van der Waals surface area contributed by atoms with E-state index >= 15 is 0 Å². The molecule has 0 unspecified atom stereocenters.